The molecule has 5 aromatic rings. The van der Waals surface area contributed by atoms with E-state index in [-0.39, 0.29) is 5.88 Å². The lowest BCUT2D eigenvalue weighted by molar-refractivity contribution is -0.401. The van der Waals surface area contributed by atoms with Crippen LogP contribution in [0.1, 0.15) is 0 Å². The largest absolute Gasteiger partial charge is 0.433 e. The van der Waals surface area contributed by atoms with Crippen LogP contribution in [0.4, 0.5) is 5.88 Å². The molecule has 0 spiro atoms. The van der Waals surface area contributed by atoms with Gasteiger partial charge in [-0.1, -0.05) is 0 Å². The Morgan fingerprint density at radius 3 is 2.40 bits per heavy atom. The van der Waals surface area contributed by atoms with Gasteiger partial charge in [0.1, 0.15) is 4.92 Å². The molecule has 0 saturated heterocycles. The highest BCUT2D eigenvalue weighted by atomic mass is 16.6. The van der Waals surface area contributed by atoms with Gasteiger partial charge in [0.15, 0.2) is 11.6 Å². The van der Waals surface area contributed by atoms with Crippen molar-refractivity contribution in [2.24, 2.45) is 0 Å². The van der Waals surface area contributed by atoms with Gasteiger partial charge in [-0.2, -0.15) is 0 Å². The van der Waals surface area contributed by atoms with E-state index >= 15 is 0 Å². The Morgan fingerprint density at radius 2 is 1.68 bits per heavy atom. The first kappa shape index (κ1) is 13.6. The third kappa shape index (κ3) is 1.91. The number of pyridine rings is 2. The molecule has 120 valence electrons. The molecular weight excluding hydrogens is 322 g/mol. The fourth-order valence-corrected chi connectivity index (χ4v) is 3.01. The number of benzene rings is 1. The highest BCUT2D eigenvalue weighted by molar-refractivity contribution is 6.20. The molecule has 0 aliphatic carbocycles. The summed E-state index contributed by atoms with van der Waals surface area (Å²) in [7, 11) is 0. The van der Waals surface area contributed by atoms with Crippen molar-refractivity contribution in [3.8, 4) is 11.6 Å². The third-order valence-corrected chi connectivity index (χ3v) is 4.07. The van der Waals surface area contributed by atoms with E-state index in [9.17, 15) is 10.1 Å². The smallest absolute Gasteiger partial charge is 0.397 e. The zero-order valence-corrected chi connectivity index (χ0v) is 12.6. The number of aromatic nitrogens is 4. The number of rotatable bonds is 2. The maximum atomic E-state index is 10.8. The minimum atomic E-state index is -0.579. The first-order valence-corrected chi connectivity index (χ1v) is 7.48. The Kier molecular flexibility index (Phi) is 2.64. The lowest BCUT2D eigenvalue weighted by Crippen LogP contribution is -1.86. The van der Waals surface area contributed by atoms with Crippen LogP contribution in [0.15, 0.2) is 53.2 Å². The van der Waals surface area contributed by atoms with E-state index in [0.717, 1.165) is 32.8 Å². The fourth-order valence-electron chi connectivity index (χ4n) is 3.01. The Labute approximate surface area is 139 Å². The number of aromatic amines is 1. The Morgan fingerprint density at radius 1 is 0.960 bits per heavy atom. The van der Waals surface area contributed by atoms with Gasteiger partial charge in [0.25, 0.3) is 0 Å². The maximum Gasteiger partial charge on any atom is 0.433 e. The number of hydrogen-bond donors (Lipinski definition) is 1. The van der Waals surface area contributed by atoms with Crippen LogP contribution in [-0.4, -0.2) is 24.9 Å². The summed E-state index contributed by atoms with van der Waals surface area (Å²) in [5.41, 5.74) is 3.04. The number of furan rings is 1. The summed E-state index contributed by atoms with van der Waals surface area (Å²) >= 11 is 0. The van der Waals surface area contributed by atoms with Crippen molar-refractivity contribution in [3.63, 3.8) is 0 Å². The normalized spacial score (nSPS) is 11.5. The molecule has 5 rings (SSSR count). The standard InChI is InChI=1S/C17H9N5O3/c23-22(24)12-6-5-11(25-12)17-20-15-9-3-1-7-18-13(9)14-10(16(15)21-17)4-2-8-19-14/h1-8H,(H,20,21). The topological polar surface area (TPSA) is 111 Å². The van der Waals surface area contributed by atoms with E-state index in [1.807, 2.05) is 24.3 Å². The van der Waals surface area contributed by atoms with Crippen molar-refractivity contribution in [2.45, 2.75) is 0 Å². The van der Waals surface area contributed by atoms with Crippen LogP contribution in [-0.2, 0) is 0 Å². The van der Waals surface area contributed by atoms with Crippen molar-refractivity contribution in [1.29, 1.82) is 0 Å². The van der Waals surface area contributed by atoms with Crippen molar-refractivity contribution in [2.75, 3.05) is 0 Å². The van der Waals surface area contributed by atoms with Gasteiger partial charge in [-0.05, 0) is 30.3 Å². The summed E-state index contributed by atoms with van der Waals surface area (Å²) in [6.07, 6.45) is 3.43. The lowest BCUT2D eigenvalue weighted by Gasteiger charge is -2.03. The van der Waals surface area contributed by atoms with Crippen LogP contribution in [0.3, 0.4) is 0 Å². The summed E-state index contributed by atoms with van der Waals surface area (Å²) in [5.74, 6) is 0.398. The van der Waals surface area contributed by atoms with Gasteiger partial charge in [0.05, 0.1) is 28.1 Å². The zero-order valence-electron chi connectivity index (χ0n) is 12.6. The molecule has 0 aliphatic rings. The summed E-state index contributed by atoms with van der Waals surface area (Å²) in [6, 6.07) is 10.4. The van der Waals surface area contributed by atoms with E-state index in [1.165, 1.54) is 12.1 Å². The van der Waals surface area contributed by atoms with E-state index in [0.29, 0.717) is 11.6 Å². The summed E-state index contributed by atoms with van der Waals surface area (Å²) in [6.45, 7) is 0. The summed E-state index contributed by atoms with van der Waals surface area (Å²) < 4.78 is 5.26. The number of hydrogen-bond acceptors (Lipinski definition) is 6. The average molecular weight is 331 g/mol. The van der Waals surface area contributed by atoms with E-state index in [2.05, 4.69) is 19.9 Å². The molecule has 8 nitrogen and oxygen atoms in total. The molecule has 4 heterocycles. The number of nitrogens with one attached hydrogen (secondary N) is 1. The number of H-pyrrole nitrogens is 1. The molecule has 1 aromatic carbocycles. The van der Waals surface area contributed by atoms with Gasteiger partial charge in [0.2, 0.25) is 0 Å². The molecular formula is C17H9N5O3. The monoisotopic (exact) mass is 331 g/mol. The van der Waals surface area contributed by atoms with Crippen LogP contribution in [0, 0.1) is 10.1 Å². The Bertz CT molecular complexity index is 1210. The summed E-state index contributed by atoms with van der Waals surface area (Å²) in [4.78, 5) is 26.9. The first-order chi connectivity index (χ1) is 12.2. The Balaban J connectivity index is 1.88. The van der Waals surface area contributed by atoms with Crippen LogP contribution in [0.2, 0.25) is 0 Å². The third-order valence-electron chi connectivity index (χ3n) is 4.07. The second-order valence-electron chi connectivity index (χ2n) is 5.50. The van der Waals surface area contributed by atoms with Crippen LogP contribution in [0.5, 0.6) is 0 Å². The number of imidazole rings is 1. The van der Waals surface area contributed by atoms with Gasteiger partial charge >= 0.3 is 5.88 Å². The molecule has 4 aromatic heterocycles. The predicted octanol–water partition coefficient (Wildman–Crippen LogP) is 3.83. The van der Waals surface area contributed by atoms with Crippen molar-refractivity contribution in [1.82, 2.24) is 19.9 Å². The van der Waals surface area contributed by atoms with Crippen molar-refractivity contribution < 1.29 is 9.34 Å². The lowest BCUT2D eigenvalue weighted by atomic mass is 10.1. The molecule has 0 fully saturated rings. The highest BCUT2D eigenvalue weighted by Crippen LogP contribution is 2.34. The molecule has 0 saturated carbocycles. The minimum Gasteiger partial charge on any atom is -0.397 e. The minimum absolute atomic E-state index is 0.303. The SMILES string of the molecule is O=[N+]([O-])c1ccc(-c2nc3c4cccnc4c4ncccc4c3[nH]2)o1. The van der Waals surface area contributed by atoms with E-state index in [4.69, 9.17) is 4.42 Å². The van der Waals surface area contributed by atoms with E-state index < -0.39 is 4.92 Å². The van der Waals surface area contributed by atoms with Crippen molar-refractivity contribution >= 4 is 38.7 Å². The number of nitro groups is 1. The molecule has 1 N–H and O–H groups in total. The molecule has 0 amide bonds. The van der Waals surface area contributed by atoms with Gasteiger partial charge in [-0.15, -0.1) is 0 Å². The van der Waals surface area contributed by atoms with Gasteiger partial charge in [-0.3, -0.25) is 20.1 Å². The second kappa shape index (κ2) is 4.84. The number of nitrogens with zero attached hydrogens (tertiary/aromatic N) is 4. The molecule has 8 heteroatoms. The molecule has 0 bridgehead atoms. The van der Waals surface area contributed by atoms with Crippen molar-refractivity contribution in [3.05, 3.63) is 58.9 Å². The van der Waals surface area contributed by atoms with Crippen LogP contribution < -0.4 is 0 Å². The first-order valence-electron chi connectivity index (χ1n) is 7.48. The second-order valence-corrected chi connectivity index (χ2v) is 5.50. The van der Waals surface area contributed by atoms with Crippen LogP contribution in [0.25, 0.3) is 44.4 Å². The quantitative estimate of drug-likeness (QED) is 0.299. The Hall–Kier alpha value is -3.81. The molecule has 0 radical (unpaired) electrons. The zero-order chi connectivity index (χ0) is 17.0. The van der Waals surface area contributed by atoms with Crippen LogP contribution >= 0.6 is 0 Å². The molecule has 0 atom stereocenters. The highest BCUT2D eigenvalue weighted by Gasteiger charge is 2.18. The maximum absolute atomic E-state index is 10.8. The molecule has 0 unspecified atom stereocenters. The molecule has 0 aliphatic heterocycles. The molecule has 25 heavy (non-hydrogen) atoms. The predicted molar refractivity (Wildman–Crippen MR) is 91.1 cm³/mol. The number of fused-ring (bicyclic) bond motifs is 6. The summed E-state index contributed by atoms with van der Waals surface area (Å²) in [5, 5.41) is 12.6. The average Bonchev–Trinajstić information content (AvgIpc) is 3.29. The van der Waals surface area contributed by atoms with E-state index in [1.54, 1.807) is 12.4 Å². The van der Waals surface area contributed by atoms with Gasteiger partial charge in [-0.25, -0.2) is 4.98 Å². The van der Waals surface area contributed by atoms with Gasteiger partial charge in [0, 0.05) is 23.2 Å². The fraction of sp³-hybridized carbons (Fsp3) is 0. The van der Waals surface area contributed by atoms with Gasteiger partial charge < -0.3 is 9.40 Å².